The van der Waals surface area contributed by atoms with Crippen LogP contribution >= 0.6 is 15.4 Å². The van der Waals surface area contributed by atoms with E-state index < -0.39 is 203 Å². The van der Waals surface area contributed by atoms with E-state index in [4.69, 9.17) is 52.0 Å². The van der Waals surface area contributed by atoms with Gasteiger partial charge in [0.2, 0.25) is 65.0 Å². The number of nitrogens with one attached hydrogen (secondary N) is 9. The van der Waals surface area contributed by atoms with Crippen molar-refractivity contribution in [2.75, 3.05) is 126 Å². The smallest absolute Gasteiger partial charge is 0.464 e. The van der Waals surface area contributed by atoms with Crippen LogP contribution in [0.2, 0.25) is 0 Å². The number of hydrogen-bond donors (Lipinski definition) is 12. The van der Waals surface area contributed by atoms with Crippen molar-refractivity contribution in [3.8, 4) is 0 Å². The predicted molar refractivity (Wildman–Crippen MR) is 461 cm³/mol. The third kappa shape index (κ3) is 35.7. The number of esters is 1. The molecule has 127 heavy (non-hydrogen) atoms. The zero-order valence-corrected chi connectivity index (χ0v) is 77.3. The minimum Gasteiger partial charge on any atom is -0.464 e. The van der Waals surface area contributed by atoms with E-state index in [0.717, 1.165) is 12.2 Å². The van der Waals surface area contributed by atoms with Gasteiger partial charge in [-0.1, -0.05) is 111 Å². The van der Waals surface area contributed by atoms with Gasteiger partial charge < -0.3 is 105 Å². The van der Waals surface area contributed by atoms with Crippen LogP contribution in [-0.2, 0) is 125 Å². The molecule has 0 spiro atoms. The van der Waals surface area contributed by atoms with Crippen LogP contribution in [0, 0.1) is 29.6 Å². The van der Waals surface area contributed by atoms with Gasteiger partial charge >= 0.3 is 21.4 Å². The molecule has 1 unspecified atom stereocenters. The average Bonchev–Trinajstić information content (AvgIpc) is 1.78. The first-order valence-corrected chi connectivity index (χ1v) is 46.0. The molecule has 0 aliphatic carbocycles. The Kier molecular flexibility index (Phi) is 45.9. The van der Waals surface area contributed by atoms with Gasteiger partial charge in [0.25, 0.3) is 11.8 Å². The van der Waals surface area contributed by atoms with E-state index in [2.05, 4.69) is 47.9 Å². The van der Waals surface area contributed by atoms with Gasteiger partial charge in [0.05, 0.1) is 127 Å². The topological polar surface area (TPSA) is 538 Å². The summed E-state index contributed by atoms with van der Waals surface area (Å²) in [6, 6.07) is 4.40. The zero-order valence-electron chi connectivity index (χ0n) is 75.5. The van der Waals surface area contributed by atoms with Crippen LogP contribution in [0.4, 0.5) is 5.69 Å². The molecule has 712 valence electrons. The fourth-order valence-electron chi connectivity index (χ4n) is 14.7. The maximum absolute atomic E-state index is 14.7. The van der Waals surface area contributed by atoms with Gasteiger partial charge in [-0.2, -0.15) is 0 Å². The van der Waals surface area contributed by atoms with Gasteiger partial charge in [-0.25, -0.2) is 9.36 Å². The van der Waals surface area contributed by atoms with Crippen molar-refractivity contribution in [3.63, 3.8) is 0 Å². The normalized spacial score (nSPS) is 18.3. The Morgan fingerprint density at radius 1 is 0.614 bits per heavy atom. The summed E-state index contributed by atoms with van der Waals surface area (Å²) < 4.78 is 75.6. The minimum atomic E-state index is -4.96. The quantitative estimate of drug-likeness (QED) is 0.0194. The van der Waals surface area contributed by atoms with E-state index in [1.54, 1.807) is 74.9 Å². The van der Waals surface area contributed by atoms with Crippen molar-refractivity contribution < 1.29 is 133 Å². The Morgan fingerprint density at radius 3 is 1.76 bits per heavy atom. The number of ether oxygens (including phenoxy) is 7. The van der Waals surface area contributed by atoms with Crippen molar-refractivity contribution in [1.82, 2.24) is 62.1 Å². The molecule has 5 rings (SSSR count). The summed E-state index contributed by atoms with van der Waals surface area (Å²) in [4.78, 5) is 223. The monoisotopic (exact) mass is 1830 g/mol. The number of amides is 13. The molecule has 3 aliphatic rings. The number of anilines is 1. The summed E-state index contributed by atoms with van der Waals surface area (Å²) in [6.07, 6.45) is -1.33. The summed E-state index contributed by atoms with van der Waals surface area (Å²) in [6.45, 7) is 19.4. The molecule has 43 heteroatoms. The predicted octanol–water partition coefficient (Wildman–Crippen LogP) is 1.65. The number of benzene rings is 2. The molecular formula is C84H133N13O28P2. The van der Waals surface area contributed by atoms with Crippen LogP contribution in [-0.4, -0.2) is 310 Å². The second kappa shape index (κ2) is 53.8. The second-order valence-corrected chi connectivity index (χ2v) is 36.0. The number of carbonyl (C=O) groups is 14. The highest BCUT2D eigenvalue weighted by Gasteiger charge is 2.46. The fraction of sp³-hybridized carbons (Fsp3) is 0.667. The van der Waals surface area contributed by atoms with Crippen LogP contribution in [0.15, 0.2) is 66.7 Å². The maximum atomic E-state index is 14.7. The number of likely N-dealkylation sites (N-methyl/N-ethyl adjacent to an activating group) is 2. The number of hydrogen-bond acceptors (Lipinski definition) is 26. The summed E-state index contributed by atoms with van der Waals surface area (Å²) >= 11 is 0. The Bertz CT molecular complexity index is 4080. The summed E-state index contributed by atoms with van der Waals surface area (Å²) in [5.74, 6) is -11.1. The van der Waals surface area contributed by atoms with Gasteiger partial charge in [0.15, 0.2) is 0 Å². The van der Waals surface area contributed by atoms with Crippen molar-refractivity contribution in [2.45, 2.75) is 213 Å². The van der Waals surface area contributed by atoms with Crippen molar-refractivity contribution in [2.24, 2.45) is 29.6 Å². The largest absolute Gasteiger partial charge is 0.473 e. The molecule has 2 aromatic carbocycles. The molecular weight excluding hydrogens is 1700 g/mol. The summed E-state index contributed by atoms with van der Waals surface area (Å²) in [5, 5.41) is 23.6. The molecule has 3 aliphatic heterocycles. The average molecular weight is 1830 g/mol. The number of cyclic esters (lactones) is 1. The molecule has 12 N–H and O–H groups in total. The van der Waals surface area contributed by atoms with E-state index in [9.17, 15) is 81.1 Å². The first-order chi connectivity index (χ1) is 59.9. The van der Waals surface area contributed by atoms with E-state index in [-0.39, 0.29) is 126 Å². The van der Waals surface area contributed by atoms with E-state index in [1.165, 1.54) is 45.4 Å². The summed E-state index contributed by atoms with van der Waals surface area (Å²) in [5.41, 5.74) is 1.03. The lowest BCUT2D eigenvalue weighted by Crippen LogP contribution is -2.59. The first kappa shape index (κ1) is 108. The Hall–Kier alpha value is -9.06. The third-order valence-electron chi connectivity index (χ3n) is 21.8. The number of rotatable bonds is 58. The van der Waals surface area contributed by atoms with E-state index in [1.807, 2.05) is 60.5 Å². The lowest BCUT2D eigenvalue weighted by molar-refractivity contribution is -0.148. The molecule has 3 heterocycles. The van der Waals surface area contributed by atoms with Crippen LogP contribution in [0.3, 0.4) is 0 Å². The second-order valence-electron chi connectivity index (χ2n) is 32.8. The number of imide groups is 1. The van der Waals surface area contributed by atoms with Crippen LogP contribution in [0.1, 0.15) is 145 Å². The van der Waals surface area contributed by atoms with Crippen molar-refractivity contribution in [3.05, 3.63) is 77.9 Å². The number of phosphoric acid groups is 1. The number of phosphoric ester groups is 1. The van der Waals surface area contributed by atoms with Crippen molar-refractivity contribution >= 4 is 104 Å². The van der Waals surface area contributed by atoms with Crippen LogP contribution in [0.5, 0.6) is 0 Å². The van der Waals surface area contributed by atoms with E-state index in [0.29, 0.717) is 41.8 Å². The standard InChI is InChI=1S/C84H133N13O28P2/c1-17-53(8)74(95(14)83(110)72(51(4)5)93-82(109)73(52(6)7)94(12)13)64(117-15)47-70(103)96-35-21-24-62(96)75(118-16)54(9)77(104)87-55(10)76(58-22-19-18-20-23-58)125-127(115,116)124-49-57-25-27-59(28-26-57)89-78(105)56(11)88-81(108)71(50(2)3)92-79(106)61(46-67(100)90-60-31-37-123-84(60)111)91-66(99)32-36-119-39-41-121-43-44-122-42-40-120-38-34-85-80(107)63(97-68(101)29-30-69(97)102)48-86-65(98)33-45-126(112,113)114/h18-20,22-23,25-30,50-56,60-64,71-76H,17,21,24,31-49H2,1-16H3,(H,85,107)(H,86,98)(H,87,104)(H,88,108)(H,89,105)(H,90,100)(H,91,99)(H,92,106)(H,93,109)(H,115,116)(H2,112,113,114)/t53-,54+,55+,56-,60-,61-,62-,63-,64+,71-,72-,73-,74-,75+,76+/m0/s1. The SMILES string of the molecule is CC[C@H](C)[C@@H]([C@@H](CC(=O)N1CCC[C@H]1[C@H](OC)[C@@H](C)C(=O)N[C@H](C)[C@@H](OP(=O)(O)OCc1ccc(NC(=O)[C@H](C)NC(=O)[C@@H](NC(=O)[C@H](CC(=O)N[C@H]2CCOC2=O)NC(=O)CCOCCOCCOCCOCCNC(=O)[C@H](CNC(=O)CCP(=O)(O)O)N2C(=O)C=CC2=O)C(C)C)cc1)c1ccccc1)OC)N(C)C(=O)[C@@H](NC(=O)[C@H](C(C)C)N(C)C)C(C)C. The number of likely N-dealkylation sites (tertiary alicyclic amines) is 1. The highest BCUT2D eigenvalue weighted by molar-refractivity contribution is 7.51. The molecule has 0 saturated carbocycles. The first-order valence-electron chi connectivity index (χ1n) is 42.7. The van der Waals surface area contributed by atoms with Gasteiger partial charge in [0, 0.05) is 78.0 Å². The third-order valence-corrected chi connectivity index (χ3v) is 23.5. The van der Waals surface area contributed by atoms with Crippen LogP contribution in [0.25, 0.3) is 0 Å². The van der Waals surface area contributed by atoms with Gasteiger partial charge in [-0.15, -0.1) is 0 Å². The van der Waals surface area contributed by atoms with E-state index >= 15 is 0 Å². The lowest BCUT2D eigenvalue weighted by atomic mass is 9.89. The Balaban J connectivity index is 1.08. The molecule has 0 bridgehead atoms. The van der Waals surface area contributed by atoms with Gasteiger partial charge in [-0.05, 0) is 87.7 Å². The maximum Gasteiger partial charge on any atom is 0.473 e. The molecule has 2 aromatic rings. The molecule has 2 fully saturated rings. The Labute approximate surface area is 742 Å². The molecule has 0 radical (unpaired) electrons. The van der Waals surface area contributed by atoms with Gasteiger partial charge in [-0.3, -0.25) is 85.7 Å². The minimum absolute atomic E-state index is 0.00633. The summed E-state index contributed by atoms with van der Waals surface area (Å²) in [7, 11) is -1.16. The van der Waals surface area contributed by atoms with Crippen molar-refractivity contribution in [1.29, 1.82) is 0 Å². The highest BCUT2D eigenvalue weighted by atomic mass is 31.2. The zero-order chi connectivity index (χ0) is 94.6. The Morgan fingerprint density at radius 2 is 1.21 bits per heavy atom. The highest BCUT2D eigenvalue weighted by Crippen LogP contribution is 2.50. The fourth-order valence-corrected chi connectivity index (χ4v) is 16.2. The number of nitrogens with zero attached hydrogens (tertiary/aromatic N) is 4. The van der Waals surface area contributed by atoms with Crippen LogP contribution < -0.4 is 47.9 Å². The number of carbonyl (C=O) groups excluding carboxylic acids is 14. The lowest BCUT2D eigenvalue weighted by Gasteiger charge is -2.41. The molecule has 41 nitrogen and oxygen atoms in total. The number of methoxy groups -OCH3 is 2. The molecule has 2 saturated heterocycles. The molecule has 13 amide bonds. The molecule has 0 aromatic heterocycles. The molecule has 16 atom stereocenters. The van der Waals surface area contributed by atoms with Gasteiger partial charge in [0.1, 0.15) is 42.4 Å².